The monoisotopic (exact) mass is 428 g/mol. The lowest BCUT2D eigenvalue weighted by Gasteiger charge is -1.98. The molecule has 0 aliphatic carbocycles. The molecule has 0 atom stereocenters. The first kappa shape index (κ1) is 16.9. The van der Waals surface area contributed by atoms with Crippen LogP contribution in [0.4, 0.5) is 10.1 Å². The highest BCUT2D eigenvalue weighted by atomic mass is 79.9. The van der Waals surface area contributed by atoms with Crippen molar-refractivity contribution in [1.82, 2.24) is 4.98 Å². The predicted molar refractivity (Wildman–Crippen MR) is 106 cm³/mol. The standard InChI is InChI=1S/C20H11BrClFN2O/c21-13-3-1-12(2-4-13)11-24-15-6-8-19-18(10-15)25-20(26-19)16-7-5-14(23)9-17(16)22/h1-11H. The van der Waals surface area contributed by atoms with Crippen LogP contribution >= 0.6 is 27.5 Å². The van der Waals surface area contributed by atoms with Gasteiger partial charge in [-0.15, -0.1) is 0 Å². The molecule has 1 aromatic heterocycles. The summed E-state index contributed by atoms with van der Waals surface area (Å²) < 4.78 is 20.0. The fraction of sp³-hybridized carbons (Fsp3) is 0. The summed E-state index contributed by atoms with van der Waals surface area (Å²) in [5, 5.41) is 0.255. The molecule has 6 heteroatoms. The second-order valence-electron chi connectivity index (χ2n) is 5.60. The van der Waals surface area contributed by atoms with Crippen LogP contribution in [0, 0.1) is 5.82 Å². The minimum absolute atomic E-state index is 0.255. The topological polar surface area (TPSA) is 38.4 Å². The average molecular weight is 430 g/mol. The van der Waals surface area contributed by atoms with E-state index in [-0.39, 0.29) is 5.02 Å². The summed E-state index contributed by atoms with van der Waals surface area (Å²) in [6, 6.07) is 17.4. The SMILES string of the molecule is Fc1ccc(-c2nc3cc(N=Cc4ccc(Br)cc4)ccc3o2)c(Cl)c1. The van der Waals surface area contributed by atoms with E-state index in [1.165, 1.54) is 12.1 Å². The molecule has 3 aromatic carbocycles. The van der Waals surface area contributed by atoms with E-state index in [2.05, 4.69) is 25.9 Å². The fourth-order valence-corrected chi connectivity index (χ4v) is 2.98. The fourth-order valence-electron chi connectivity index (χ4n) is 2.47. The molecule has 0 bridgehead atoms. The van der Waals surface area contributed by atoms with E-state index in [1.807, 2.05) is 36.4 Å². The van der Waals surface area contributed by atoms with Crippen molar-refractivity contribution in [3.63, 3.8) is 0 Å². The van der Waals surface area contributed by atoms with Crippen molar-refractivity contribution in [1.29, 1.82) is 0 Å². The Morgan fingerprint density at radius 1 is 1.04 bits per heavy atom. The van der Waals surface area contributed by atoms with Gasteiger partial charge in [-0.1, -0.05) is 39.7 Å². The summed E-state index contributed by atoms with van der Waals surface area (Å²) in [6.45, 7) is 0. The van der Waals surface area contributed by atoms with Gasteiger partial charge in [0.25, 0.3) is 0 Å². The number of halogens is 3. The van der Waals surface area contributed by atoms with E-state index < -0.39 is 5.82 Å². The molecule has 0 saturated heterocycles. The summed E-state index contributed by atoms with van der Waals surface area (Å²) in [5.41, 5.74) is 3.57. The van der Waals surface area contributed by atoms with Gasteiger partial charge >= 0.3 is 0 Å². The maximum atomic E-state index is 13.2. The van der Waals surface area contributed by atoms with Crippen LogP contribution in [0.1, 0.15) is 5.56 Å². The molecule has 4 rings (SSSR count). The van der Waals surface area contributed by atoms with Gasteiger partial charge in [-0.25, -0.2) is 9.37 Å². The Kier molecular flexibility index (Phi) is 4.57. The Morgan fingerprint density at radius 3 is 2.62 bits per heavy atom. The van der Waals surface area contributed by atoms with Crippen molar-refractivity contribution in [2.24, 2.45) is 4.99 Å². The van der Waals surface area contributed by atoms with E-state index in [0.29, 0.717) is 22.6 Å². The van der Waals surface area contributed by atoms with Crippen LogP contribution < -0.4 is 0 Å². The van der Waals surface area contributed by atoms with Gasteiger partial charge in [-0.05, 0) is 54.1 Å². The number of nitrogens with zero attached hydrogens (tertiary/aromatic N) is 2. The molecular weight excluding hydrogens is 419 g/mol. The third-order valence-corrected chi connectivity index (χ3v) is 4.61. The minimum atomic E-state index is -0.403. The smallest absolute Gasteiger partial charge is 0.228 e. The number of aromatic nitrogens is 1. The Hall–Kier alpha value is -2.50. The van der Waals surface area contributed by atoms with Crippen LogP contribution in [0.2, 0.25) is 5.02 Å². The molecule has 4 aromatic rings. The first-order chi connectivity index (χ1) is 12.6. The first-order valence-electron chi connectivity index (χ1n) is 7.74. The molecule has 0 aliphatic heterocycles. The predicted octanol–water partition coefficient (Wildman–Crippen LogP) is 6.80. The van der Waals surface area contributed by atoms with E-state index in [0.717, 1.165) is 15.7 Å². The second kappa shape index (κ2) is 7.02. The molecule has 0 N–H and O–H groups in total. The first-order valence-corrected chi connectivity index (χ1v) is 8.91. The van der Waals surface area contributed by atoms with E-state index >= 15 is 0 Å². The second-order valence-corrected chi connectivity index (χ2v) is 6.93. The van der Waals surface area contributed by atoms with Gasteiger partial charge in [0.05, 0.1) is 16.3 Å². The average Bonchev–Trinajstić information content (AvgIpc) is 3.04. The molecule has 0 radical (unpaired) electrons. The Balaban J connectivity index is 1.66. The lowest BCUT2D eigenvalue weighted by atomic mass is 10.2. The molecule has 0 amide bonds. The van der Waals surface area contributed by atoms with E-state index in [4.69, 9.17) is 16.0 Å². The Labute approximate surface area is 162 Å². The Morgan fingerprint density at radius 2 is 1.85 bits per heavy atom. The highest BCUT2D eigenvalue weighted by molar-refractivity contribution is 9.10. The van der Waals surface area contributed by atoms with Crippen molar-refractivity contribution in [2.75, 3.05) is 0 Å². The normalized spacial score (nSPS) is 11.5. The van der Waals surface area contributed by atoms with Gasteiger partial charge in [0, 0.05) is 10.7 Å². The van der Waals surface area contributed by atoms with Crippen LogP contribution in [-0.2, 0) is 0 Å². The maximum Gasteiger partial charge on any atom is 0.228 e. The lowest BCUT2D eigenvalue weighted by molar-refractivity contribution is 0.616. The number of fused-ring (bicyclic) bond motifs is 1. The third kappa shape index (κ3) is 3.54. The number of oxazole rings is 1. The van der Waals surface area contributed by atoms with E-state index in [1.54, 1.807) is 18.3 Å². The van der Waals surface area contributed by atoms with Crippen LogP contribution in [0.25, 0.3) is 22.6 Å². The highest BCUT2D eigenvalue weighted by Gasteiger charge is 2.12. The summed E-state index contributed by atoms with van der Waals surface area (Å²) in [7, 11) is 0. The van der Waals surface area contributed by atoms with Crippen molar-refractivity contribution < 1.29 is 8.81 Å². The van der Waals surface area contributed by atoms with E-state index in [9.17, 15) is 4.39 Å². The van der Waals surface area contributed by atoms with Crippen LogP contribution in [0.15, 0.2) is 74.5 Å². The largest absolute Gasteiger partial charge is 0.436 e. The highest BCUT2D eigenvalue weighted by Crippen LogP contribution is 2.31. The number of rotatable bonds is 3. The molecular formula is C20H11BrClFN2O. The maximum absolute atomic E-state index is 13.2. The zero-order valence-electron chi connectivity index (χ0n) is 13.3. The minimum Gasteiger partial charge on any atom is -0.436 e. The van der Waals surface area contributed by atoms with Gasteiger partial charge < -0.3 is 4.42 Å². The molecule has 0 unspecified atom stereocenters. The number of hydrogen-bond acceptors (Lipinski definition) is 3. The number of aliphatic imine (C=N–C) groups is 1. The zero-order valence-corrected chi connectivity index (χ0v) is 15.6. The molecule has 1 heterocycles. The van der Waals surface area contributed by atoms with Crippen LogP contribution in [0.3, 0.4) is 0 Å². The van der Waals surface area contributed by atoms with Crippen LogP contribution in [-0.4, -0.2) is 11.2 Å². The van der Waals surface area contributed by atoms with Gasteiger partial charge in [-0.2, -0.15) is 0 Å². The molecule has 0 fully saturated rings. The molecule has 26 heavy (non-hydrogen) atoms. The van der Waals surface area contributed by atoms with Crippen molar-refractivity contribution in [3.8, 4) is 11.5 Å². The number of hydrogen-bond donors (Lipinski definition) is 0. The molecule has 3 nitrogen and oxygen atoms in total. The molecule has 0 aliphatic rings. The van der Waals surface area contributed by atoms with Gasteiger partial charge in [0.2, 0.25) is 5.89 Å². The van der Waals surface area contributed by atoms with Gasteiger partial charge in [0.15, 0.2) is 5.58 Å². The third-order valence-electron chi connectivity index (χ3n) is 3.77. The van der Waals surface area contributed by atoms with Gasteiger partial charge in [0.1, 0.15) is 11.3 Å². The number of benzene rings is 3. The summed E-state index contributed by atoms with van der Waals surface area (Å²) in [4.78, 5) is 8.92. The molecule has 128 valence electrons. The summed E-state index contributed by atoms with van der Waals surface area (Å²) >= 11 is 9.49. The zero-order chi connectivity index (χ0) is 18.1. The summed E-state index contributed by atoms with van der Waals surface area (Å²) in [6.07, 6.45) is 1.78. The Bertz CT molecular complexity index is 1120. The lowest BCUT2D eigenvalue weighted by Crippen LogP contribution is -1.81. The molecule has 0 saturated carbocycles. The van der Waals surface area contributed by atoms with Crippen molar-refractivity contribution in [2.45, 2.75) is 0 Å². The van der Waals surface area contributed by atoms with Crippen LogP contribution in [0.5, 0.6) is 0 Å². The van der Waals surface area contributed by atoms with Gasteiger partial charge in [-0.3, -0.25) is 4.99 Å². The molecule has 0 spiro atoms. The quantitative estimate of drug-likeness (QED) is 0.336. The summed E-state index contributed by atoms with van der Waals surface area (Å²) in [5.74, 6) is -0.0570. The van der Waals surface area contributed by atoms with Crippen molar-refractivity contribution >= 4 is 50.5 Å². The van der Waals surface area contributed by atoms with Crippen molar-refractivity contribution in [3.05, 3.63) is 81.5 Å².